The number of aromatic nitrogens is 3. The summed E-state index contributed by atoms with van der Waals surface area (Å²) in [7, 11) is -1.42. The van der Waals surface area contributed by atoms with E-state index in [1.165, 1.54) is 0 Å². The second-order valence-corrected chi connectivity index (χ2v) is 10.4. The van der Waals surface area contributed by atoms with Gasteiger partial charge in [-0.25, -0.2) is 18.2 Å². The summed E-state index contributed by atoms with van der Waals surface area (Å²) < 4.78 is 22.5. The molecule has 0 saturated heterocycles. The van der Waals surface area contributed by atoms with Gasteiger partial charge in [0.2, 0.25) is 0 Å². The highest BCUT2D eigenvalue weighted by molar-refractivity contribution is 7.87. The number of rotatable bonds is 11. The summed E-state index contributed by atoms with van der Waals surface area (Å²) in [5, 5.41) is 7.32. The predicted octanol–water partition coefficient (Wildman–Crippen LogP) is 3.96. The fourth-order valence-electron chi connectivity index (χ4n) is 3.85. The highest BCUT2D eigenvalue weighted by Crippen LogP contribution is 2.21. The van der Waals surface area contributed by atoms with Crippen LogP contribution in [0.5, 0.6) is 0 Å². The average Bonchev–Trinajstić information content (AvgIpc) is 3.43. The highest BCUT2D eigenvalue weighted by Gasteiger charge is 2.20. The maximum absolute atomic E-state index is 13.6. The van der Waals surface area contributed by atoms with Crippen molar-refractivity contribution in [3.05, 3.63) is 82.7 Å². The molecule has 9 nitrogen and oxygen atoms in total. The second kappa shape index (κ2) is 12.6. The van der Waals surface area contributed by atoms with Gasteiger partial charge in [-0.05, 0) is 68.7 Å². The van der Waals surface area contributed by atoms with E-state index in [2.05, 4.69) is 26.5 Å². The van der Waals surface area contributed by atoms with Gasteiger partial charge in [-0.3, -0.25) is 9.79 Å². The molecule has 1 unspecified atom stereocenters. The van der Waals surface area contributed by atoms with E-state index in [-0.39, 0.29) is 18.6 Å². The fourth-order valence-corrected chi connectivity index (χ4v) is 5.08. The lowest BCUT2D eigenvalue weighted by Gasteiger charge is -2.23. The maximum atomic E-state index is 13.6. The molecule has 3 aromatic rings. The van der Waals surface area contributed by atoms with Gasteiger partial charge in [0, 0.05) is 31.7 Å². The van der Waals surface area contributed by atoms with Crippen LogP contribution in [-0.2, 0) is 33.6 Å². The summed E-state index contributed by atoms with van der Waals surface area (Å²) in [4.78, 5) is 21.6. The topological polar surface area (TPSA) is 102 Å². The number of dihydropyridines is 1. The van der Waals surface area contributed by atoms with E-state index in [9.17, 15) is 9.00 Å². The number of hydrogen-bond acceptors (Lipinski definition) is 7. The number of ether oxygens (including phenoxy) is 1. The largest absolute Gasteiger partial charge is 0.462 e. The Balaban J connectivity index is 1.53. The first-order valence-corrected chi connectivity index (χ1v) is 13.4. The van der Waals surface area contributed by atoms with Crippen molar-refractivity contribution in [2.75, 3.05) is 18.4 Å². The Morgan fingerprint density at radius 2 is 2.08 bits per heavy atom. The van der Waals surface area contributed by atoms with Crippen molar-refractivity contribution in [3.63, 3.8) is 0 Å². The van der Waals surface area contributed by atoms with Gasteiger partial charge in [0.25, 0.3) is 0 Å². The Kier molecular flexibility index (Phi) is 8.97. The number of benzene rings is 1. The van der Waals surface area contributed by atoms with Crippen LogP contribution in [0.25, 0.3) is 5.69 Å². The van der Waals surface area contributed by atoms with Gasteiger partial charge in [-0.2, -0.15) is 5.10 Å². The number of nitrogens with one attached hydrogen (secondary N) is 1. The van der Waals surface area contributed by atoms with Crippen molar-refractivity contribution in [3.8, 4) is 5.69 Å². The standard InChI is InChI=1S/C27H32N6O3S/c1-20(2)36-27(34)17-29-26-9-4-7-23(31-26)19-32(37(35)25-8-5-12-28-16-25)18-22-10-11-24(15-21(22)3)33-14-6-13-30-33/h4,6-11,13-16,20H,5,12,17-19H2,1-3H3,(H,29,31). The molecule has 37 heavy (non-hydrogen) atoms. The van der Waals surface area contributed by atoms with E-state index >= 15 is 0 Å². The van der Waals surface area contributed by atoms with Crippen LogP contribution >= 0.6 is 0 Å². The van der Waals surface area contributed by atoms with Crippen molar-refractivity contribution in [2.24, 2.45) is 4.99 Å². The van der Waals surface area contributed by atoms with Gasteiger partial charge in [-0.15, -0.1) is 0 Å². The van der Waals surface area contributed by atoms with Crippen molar-refractivity contribution < 1.29 is 13.7 Å². The normalized spacial score (nSPS) is 14.0. The average molecular weight is 521 g/mol. The number of carbonyl (C=O) groups is 1. The molecule has 194 valence electrons. The Labute approximate surface area is 219 Å². The number of esters is 1. The summed E-state index contributed by atoms with van der Waals surface area (Å²) in [6.45, 7) is 7.21. The molecular formula is C27H32N6O3S. The van der Waals surface area contributed by atoms with Crippen LogP contribution in [0.4, 0.5) is 5.82 Å². The van der Waals surface area contributed by atoms with Gasteiger partial charge in [0.1, 0.15) is 23.3 Å². The summed E-state index contributed by atoms with van der Waals surface area (Å²) in [5.41, 5.74) is 3.84. The number of anilines is 1. The van der Waals surface area contributed by atoms with Gasteiger partial charge >= 0.3 is 5.97 Å². The third-order valence-corrected chi connectivity index (χ3v) is 7.03. The lowest BCUT2D eigenvalue weighted by molar-refractivity contribution is -0.145. The van der Waals surface area contributed by atoms with Crippen molar-refractivity contribution in [1.82, 2.24) is 19.1 Å². The van der Waals surface area contributed by atoms with Gasteiger partial charge in [0.05, 0.1) is 28.9 Å². The second-order valence-electron chi connectivity index (χ2n) is 8.95. The first kappa shape index (κ1) is 26.4. The van der Waals surface area contributed by atoms with Crippen molar-refractivity contribution >= 4 is 29.0 Å². The molecule has 1 N–H and O–H groups in total. The maximum Gasteiger partial charge on any atom is 0.325 e. The molecule has 3 heterocycles. The summed E-state index contributed by atoms with van der Waals surface area (Å²) in [6.07, 6.45) is 7.93. The summed E-state index contributed by atoms with van der Waals surface area (Å²) >= 11 is 0. The highest BCUT2D eigenvalue weighted by atomic mass is 32.2. The van der Waals surface area contributed by atoms with Crippen LogP contribution in [0, 0.1) is 6.92 Å². The van der Waals surface area contributed by atoms with E-state index in [1.54, 1.807) is 18.5 Å². The quantitative estimate of drug-likeness (QED) is 0.384. The molecule has 1 aromatic carbocycles. The lowest BCUT2D eigenvalue weighted by Crippen LogP contribution is -2.28. The first-order valence-electron chi connectivity index (χ1n) is 12.2. The van der Waals surface area contributed by atoms with E-state index in [0.29, 0.717) is 30.4 Å². The summed E-state index contributed by atoms with van der Waals surface area (Å²) in [6, 6.07) is 13.6. The number of hydrogen-bond donors (Lipinski definition) is 1. The molecule has 0 bridgehead atoms. The minimum Gasteiger partial charge on any atom is -0.462 e. The Morgan fingerprint density at radius 3 is 2.78 bits per heavy atom. The van der Waals surface area contributed by atoms with Crippen LogP contribution in [0.2, 0.25) is 0 Å². The van der Waals surface area contributed by atoms with Gasteiger partial charge in [0.15, 0.2) is 0 Å². The molecule has 0 radical (unpaired) electrons. The van der Waals surface area contributed by atoms with Crippen LogP contribution < -0.4 is 5.32 Å². The Hall–Kier alpha value is -3.63. The number of allylic oxidation sites excluding steroid dienone is 1. The molecule has 0 amide bonds. The molecule has 0 saturated carbocycles. The summed E-state index contributed by atoms with van der Waals surface area (Å²) in [5.74, 6) is 0.213. The predicted molar refractivity (Wildman–Crippen MR) is 146 cm³/mol. The molecular weight excluding hydrogens is 488 g/mol. The lowest BCUT2D eigenvalue weighted by atomic mass is 10.1. The number of aryl methyl sites for hydroxylation is 1. The molecule has 1 atom stereocenters. The number of aliphatic imine (C=N–C) groups is 1. The Morgan fingerprint density at radius 1 is 1.22 bits per heavy atom. The zero-order chi connectivity index (χ0) is 26.2. The first-order chi connectivity index (χ1) is 17.9. The zero-order valence-electron chi connectivity index (χ0n) is 21.3. The number of pyridine rings is 1. The van der Waals surface area contributed by atoms with Gasteiger partial charge < -0.3 is 10.1 Å². The van der Waals surface area contributed by atoms with Crippen molar-refractivity contribution in [2.45, 2.75) is 46.4 Å². The Bertz CT molecular complexity index is 1300. The number of nitrogens with zero attached hydrogens (tertiary/aromatic N) is 5. The van der Waals surface area contributed by atoms with E-state index in [4.69, 9.17) is 4.74 Å². The molecule has 2 aromatic heterocycles. The van der Waals surface area contributed by atoms with Crippen LogP contribution in [0.1, 0.15) is 37.1 Å². The zero-order valence-corrected chi connectivity index (χ0v) is 22.1. The SMILES string of the molecule is Cc1cc(-n2cccn2)ccc1CN(Cc1cccc(NCC(=O)OC(C)C)n1)S(=O)C1=CCCN=C1. The molecule has 0 fully saturated rings. The van der Waals surface area contributed by atoms with Gasteiger partial charge in [-0.1, -0.05) is 18.2 Å². The molecule has 0 aliphatic carbocycles. The third-order valence-electron chi connectivity index (χ3n) is 5.63. The monoisotopic (exact) mass is 520 g/mol. The third kappa shape index (κ3) is 7.43. The van der Waals surface area contributed by atoms with Crippen LogP contribution in [-0.4, -0.2) is 54.7 Å². The van der Waals surface area contributed by atoms with Crippen molar-refractivity contribution in [1.29, 1.82) is 0 Å². The van der Waals surface area contributed by atoms with Crippen LogP contribution in [0.3, 0.4) is 0 Å². The van der Waals surface area contributed by atoms with E-state index < -0.39 is 11.0 Å². The number of carbonyl (C=O) groups excluding carboxylic acids is 1. The van der Waals surface area contributed by atoms with E-state index in [1.807, 2.05) is 72.4 Å². The minimum absolute atomic E-state index is 0.0232. The van der Waals surface area contributed by atoms with Crippen LogP contribution in [0.15, 0.2) is 70.8 Å². The van der Waals surface area contributed by atoms with E-state index in [0.717, 1.165) is 28.9 Å². The molecule has 4 rings (SSSR count). The molecule has 1 aliphatic heterocycles. The molecule has 1 aliphatic rings. The molecule has 10 heteroatoms. The smallest absolute Gasteiger partial charge is 0.325 e. The molecule has 0 spiro atoms. The minimum atomic E-state index is -1.42. The fraction of sp³-hybridized carbons (Fsp3) is 0.333.